The van der Waals surface area contributed by atoms with E-state index in [1.165, 1.54) is 0 Å². The number of aliphatic hydroxyl groups excluding tert-OH is 1. The lowest BCUT2D eigenvalue weighted by Gasteiger charge is -2.15. The Morgan fingerprint density at radius 3 is 2.56 bits per heavy atom. The molecule has 1 aromatic heterocycles. The van der Waals surface area contributed by atoms with Crippen molar-refractivity contribution in [2.45, 2.75) is 13.0 Å². The first kappa shape index (κ1) is 11.1. The quantitative estimate of drug-likeness (QED) is 0.702. The number of aromatic nitrogens is 1. The summed E-state index contributed by atoms with van der Waals surface area (Å²) in [5.41, 5.74) is 4.08. The molecule has 3 aromatic rings. The molecule has 0 bridgehead atoms. The van der Waals surface area contributed by atoms with E-state index in [2.05, 4.69) is 4.98 Å². The average Bonchev–Trinajstić information content (AvgIpc) is 2.86. The highest BCUT2D eigenvalue weighted by molar-refractivity contribution is 5.83. The van der Waals surface area contributed by atoms with Crippen LogP contribution < -0.4 is 0 Å². The van der Waals surface area contributed by atoms with Crippen LogP contribution in [0.15, 0.2) is 54.7 Å². The molecule has 0 aliphatic carbocycles. The highest BCUT2D eigenvalue weighted by Gasteiger charge is 2.15. The molecule has 2 nitrogen and oxygen atoms in total. The van der Waals surface area contributed by atoms with E-state index >= 15 is 0 Å². The van der Waals surface area contributed by atoms with Crippen molar-refractivity contribution in [3.05, 3.63) is 71.4 Å². The second-order valence-corrected chi connectivity index (χ2v) is 4.55. The van der Waals surface area contributed by atoms with Gasteiger partial charge in [-0.2, -0.15) is 0 Å². The van der Waals surface area contributed by atoms with Crippen molar-refractivity contribution in [2.24, 2.45) is 0 Å². The van der Waals surface area contributed by atoms with Gasteiger partial charge < -0.3 is 10.1 Å². The number of rotatable bonds is 2. The number of hydrogen-bond acceptors (Lipinski definition) is 1. The van der Waals surface area contributed by atoms with Gasteiger partial charge in [-0.05, 0) is 35.7 Å². The van der Waals surface area contributed by atoms with E-state index in [0.29, 0.717) is 0 Å². The fourth-order valence-electron chi connectivity index (χ4n) is 2.41. The summed E-state index contributed by atoms with van der Waals surface area (Å²) in [6, 6.07) is 15.9. The van der Waals surface area contributed by atoms with E-state index in [1.807, 2.05) is 61.7 Å². The molecule has 0 saturated heterocycles. The summed E-state index contributed by atoms with van der Waals surface area (Å²) in [6.07, 6.45) is 1.32. The highest BCUT2D eigenvalue weighted by Crippen LogP contribution is 2.29. The number of benzene rings is 2. The molecule has 90 valence electrons. The van der Waals surface area contributed by atoms with Crippen molar-refractivity contribution in [3.63, 3.8) is 0 Å². The molecule has 0 saturated carbocycles. The fraction of sp³-hybridized carbons (Fsp3) is 0.125. The molecule has 0 fully saturated rings. The summed E-state index contributed by atoms with van der Waals surface area (Å²) >= 11 is 0. The summed E-state index contributed by atoms with van der Waals surface area (Å²) in [7, 11) is 0. The SMILES string of the molecule is Cc1ccccc1C(O)c1cccc2[nH]ccc12. The molecule has 0 amide bonds. The monoisotopic (exact) mass is 237 g/mol. The Bertz CT molecular complexity index is 684. The molecule has 1 atom stereocenters. The molecular weight excluding hydrogens is 222 g/mol. The van der Waals surface area contributed by atoms with Crippen LogP contribution in [0, 0.1) is 6.92 Å². The van der Waals surface area contributed by atoms with Gasteiger partial charge in [-0.25, -0.2) is 0 Å². The molecule has 1 unspecified atom stereocenters. The zero-order valence-corrected chi connectivity index (χ0v) is 10.2. The zero-order valence-electron chi connectivity index (χ0n) is 10.2. The maximum Gasteiger partial charge on any atom is 0.105 e. The van der Waals surface area contributed by atoms with Crippen LogP contribution in [0.4, 0.5) is 0 Å². The van der Waals surface area contributed by atoms with Gasteiger partial charge in [0, 0.05) is 17.1 Å². The molecule has 0 spiro atoms. The number of nitrogens with one attached hydrogen (secondary N) is 1. The minimum absolute atomic E-state index is 0.578. The van der Waals surface area contributed by atoms with E-state index < -0.39 is 6.10 Å². The second kappa shape index (κ2) is 4.31. The van der Waals surface area contributed by atoms with Crippen LogP contribution in [-0.2, 0) is 0 Å². The smallest absolute Gasteiger partial charge is 0.105 e. The van der Waals surface area contributed by atoms with E-state index in [1.54, 1.807) is 0 Å². The lowest BCUT2D eigenvalue weighted by molar-refractivity contribution is 0.221. The normalized spacial score (nSPS) is 12.8. The third kappa shape index (κ3) is 1.71. The zero-order chi connectivity index (χ0) is 12.5. The maximum atomic E-state index is 10.6. The van der Waals surface area contributed by atoms with Crippen LogP contribution in [0.3, 0.4) is 0 Å². The van der Waals surface area contributed by atoms with Crippen molar-refractivity contribution < 1.29 is 5.11 Å². The molecule has 0 aliphatic rings. The van der Waals surface area contributed by atoms with Crippen LogP contribution in [-0.4, -0.2) is 10.1 Å². The van der Waals surface area contributed by atoms with Gasteiger partial charge >= 0.3 is 0 Å². The minimum Gasteiger partial charge on any atom is -0.384 e. The van der Waals surface area contributed by atoms with Gasteiger partial charge in [0.1, 0.15) is 6.10 Å². The van der Waals surface area contributed by atoms with Crippen molar-refractivity contribution in [3.8, 4) is 0 Å². The van der Waals surface area contributed by atoms with Crippen LogP contribution in [0.25, 0.3) is 10.9 Å². The van der Waals surface area contributed by atoms with Gasteiger partial charge in [-0.15, -0.1) is 0 Å². The third-order valence-corrected chi connectivity index (χ3v) is 3.41. The number of H-pyrrole nitrogens is 1. The summed E-state index contributed by atoms with van der Waals surface area (Å²) < 4.78 is 0. The third-order valence-electron chi connectivity index (χ3n) is 3.41. The van der Waals surface area contributed by atoms with Crippen molar-refractivity contribution in [2.75, 3.05) is 0 Å². The number of aryl methyl sites for hydroxylation is 1. The first-order valence-electron chi connectivity index (χ1n) is 6.07. The standard InChI is InChI=1S/C16H15NO/c1-11-5-2-3-6-12(11)16(18)14-7-4-8-15-13(14)9-10-17-15/h2-10,16-18H,1H3. The Balaban J connectivity index is 2.15. The first-order valence-corrected chi connectivity index (χ1v) is 6.07. The van der Waals surface area contributed by atoms with E-state index in [-0.39, 0.29) is 0 Å². The number of aromatic amines is 1. The summed E-state index contributed by atoms with van der Waals surface area (Å²) in [5, 5.41) is 11.7. The fourth-order valence-corrected chi connectivity index (χ4v) is 2.41. The van der Waals surface area contributed by atoms with Gasteiger partial charge in [0.15, 0.2) is 0 Å². The molecule has 18 heavy (non-hydrogen) atoms. The van der Waals surface area contributed by atoms with Crippen molar-refractivity contribution >= 4 is 10.9 Å². The molecule has 0 radical (unpaired) electrons. The van der Waals surface area contributed by atoms with Gasteiger partial charge in [0.25, 0.3) is 0 Å². The molecular formula is C16H15NO. The number of fused-ring (bicyclic) bond motifs is 1. The van der Waals surface area contributed by atoms with Gasteiger partial charge in [0.2, 0.25) is 0 Å². The Hall–Kier alpha value is -2.06. The molecule has 3 rings (SSSR count). The van der Waals surface area contributed by atoms with Gasteiger partial charge in [-0.3, -0.25) is 0 Å². The van der Waals surface area contributed by atoms with Crippen molar-refractivity contribution in [1.29, 1.82) is 0 Å². The van der Waals surface area contributed by atoms with E-state index in [9.17, 15) is 5.11 Å². The lowest BCUT2D eigenvalue weighted by atomic mass is 9.95. The highest BCUT2D eigenvalue weighted by atomic mass is 16.3. The number of hydrogen-bond donors (Lipinski definition) is 2. The largest absolute Gasteiger partial charge is 0.384 e. The first-order chi connectivity index (χ1) is 8.77. The molecule has 1 heterocycles. The summed E-state index contributed by atoms with van der Waals surface area (Å²) in [5.74, 6) is 0. The van der Waals surface area contributed by atoms with Crippen LogP contribution in [0.2, 0.25) is 0 Å². The van der Waals surface area contributed by atoms with Crippen molar-refractivity contribution in [1.82, 2.24) is 4.98 Å². The predicted molar refractivity (Wildman–Crippen MR) is 73.5 cm³/mol. The Kier molecular flexibility index (Phi) is 2.65. The van der Waals surface area contributed by atoms with Gasteiger partial charge in [-0.1, -0.05) is 36.4 Å². The average molecular weight is 237 g/mol. The van der Waals surface area contributed by atoms with Gasteiger partial charge in [0.05, 0.1) is 0 Å². The topological polar surface area (TPSA) is 36.0 Å². The Labute approximate surface area is 106 Å². The van der Waals surface area contributed by atoms with Crippen LogP contribution in [0.5, 0.6) is 0 Å². The predicted octanol–water partition coefficient (Wildman–Crippen LogP) is 3.56. The molecule has 0 aliphatic heterocycles. The maximum absolute atomic E-state index is 10.6. The van der Waals surface area contributed by atoms with Crippen LogP contribution >= 0.6 is 0 Å². The summed E-state index contributed by atoms with van der Waals surface area (Å²) in [6.45, 7) is 2.02. The minimum atomic E-state index is -0.578. The van der Waals surface area contributed by atoms with E-state index in [4.69, 9.17) is 0 Å². The second-order valence-electron chi connectivity index (χ2n) is 4.55. The number of aliphatic hydroxyl groups is 1. The molecule has 2 aromatic carbocycles. The molecule has 2 N–H and O–H groups in total. The Morgan fingerprint density at radius 1 is 0.944 bits per heavy atom. The molecule has 2 heteroatoms. The van der Waals surface area contributed by atoms with E-state index in [0.717, 1.165) is 27.6 Å². The Morgan fingerprint density at radius 2 is 1.72 bits per heavy atom. The summed E-state index contributed by atoms with van der Waals surface area (Å²) in [4.78, 5) is 3.17. The van der Waals surface area contributed by atoms with Crippen LogP contribution in [0.1, 0.15) is 22.8 Å². The lowest BCUT2D eigenvalue weighted by Crippen LogP contribution is -2.02.